The normalized spacial score (nSPS) is 9.77. The summed E-state index contributed by atoms with van der Waals surface area (Å²) in [6.45, 7) is 1.92. The Morgan fingerprint density at radius 3 is 2.62 bits per heavy atom. The van der Waals surface area contributed by atoms with Gasteiger partial charge < -0.3 is 10.5 Å². The molecule has 13 heavy (non-hydrogen) atoms. The van der Waals surface area contributed by atoms with E-state index < -0.39 is 5.91 Å². The second kappa shape index (κ2) is 3.95. The van der Waals surface area contributed by atoms with Crippen LogP contribution in [0.25, 0.3) is 0 Å². The number of hydrogen-bond donors (Lipinski definition) is 1. The summed E-state index contributed by atoms with van der Waals surface area (Å²) in [5, 5.41) is 0. The molecule has 0 radical (unpaired) electrons. The molecule has 4 heteroatoms. The van der Waals surface area contributed by atoms with Crippen molar-refractivity contribution < 1.29 is 9.53 Å². The Labute approximate surface area is 90.4 Å². The Kier molecular flexibility index (Phi) is 3.13. The molecule has 0 spiro atoms. The summed E-state index contributed by atoms with van der Waals surface area (Å²) in [6.07, 6.45) is 0. The lowest BCUT2D eigenvalue weighted by Crippen LogP contribution is -2.13. The average Bonchev–Trinajstić information content (AvgIpc) is 2.03. The van der Waals surface area contributed by atoms with Gasteiger partial charge in [0.2, 0.25) is 5.91 Å². The maximum absolute atomic E-state index is 11.0. The number of aryl methyl sites for hydroxylation is 1. The van der Waals surface area contributed by atoms with Crippen LogP contribution >= 0.6 is 22.6 Å². The van der Waals surface area contributed by atoms with Gasteiger partial charge in [-0.1, -0.05) is 0 Å². The van der Waals surface area contributed by atoms with Gasteiger partial charge in [-0.2, -0.15) is 0 Å². The van der Waals surface area contributed by atoms with E-state index in [1.165, 1.54) is 0 Å². The van der Waals surface area contributed by atoms with Crippen molar-refractivity contribution in [2.24, 2.45) is 5.73 Å². The first-order chi connectivity index (χ1) is 6.06. The van der Waals surface area contributed by atoms with E-state index in [4.69, 9.17) is 10.5 Å². The number of carbonyl (C=O) groups excluding carboxylic acids is 1. The maximum Gasteiger partial charge on any atom is 0.249 e. The van der Waals surface area contributed by atoms with Crippen molar-refractivity contribution in [3.8, 4) is 5.75 Å². The maximum atomic E-state index is 11.0. The number of carbonyl (C=O) groups is 1. The monoisotopic (exact) mass is 291 g/mol. The van der Waals surface area contributed by atoms with Gasteiger partial charge in [0.25, 0.3) is 0 Å². The number of amides is 1. The molecule has 3 nitrogen and oxygen atoms in total. The van der Waals surface area contributed by atoms with Crippen molar-refractivity contribution in [2.75, 3.05) is 7.11 Å². The molecule has 0 unspecified atom stereocenters. The van der Waals surface area contributed by atoms with Gasteiger partial charge in [-0.25, -0.2) is 0 Å². The highest BCUT2D eigenvalue weighted by molar-refractivity contribution is 14.1. The highest BCUT2D eigenvalue weighted by Gasteiger charge is 2.09. The third kappa shape index (κ3) is 2.12. The zero-order valence-corrected chi connectivity index (χ0v) is 9.58. The lowest BCUT2D eigenvalue weighted by atomic mass is 10.1. The molecule has 1 amide bonds. The quantitative estimate of drug-likeness (QED) is 0.843. The second-order valence-corrected chi connectivity index (χ2v) is 3.83. The van der Waals surface area contributed by atoms with Gasteiger partial charge in [-0.15, -0.1) is 0 Å². The first-order valence-electron chi connectivity index (χ1n) is 3.70. The summed E-state index contributed by atoms with van der Waals surface area (Å²) in [5.41, 5.74) is 6.69. The molecule has 0 saturated heterocycles. The molecule has 0 aliphatic rings. The van der Waals surface area contributed by atoms with Gasteiger partial charge in [0.05, 0.1) is 12.7 Å². The minimum absolute atomic E-state index is 0.428. The summed E-state index contributed by atoms with van der Waals surface area (Å²) < 4.78 is 5.93. The summed E-state index contributed by atoms with van der Waals surface area (Å²) in [4.78, 5) is 11.0. The molecule has 1 rings (SSSR count). The highest BCUT2D eigenvalue weighted by atomic mass is 127. The number of methoxy groups -OCH3 is 1. The number of halogens is 1. The van der Waals surface area contributed by atoms with Crippen LogP contribution in [-0.2, 0) is 0 Å². The predicted molar refractivity (Wildman–Crippen MR) is 59.0 cm³/mol. The summed E-state index contributed by atoms with van der Waals surface area (Å²) in [6, 6.07) is 3.54. The largest absolute Gasteiger partial charge is 0.496 e. The molecule has 0 aromatic heterocycles. The number of nitrogens with two attached hydrogens (primary N) is 1. The summed E-state index contributed by atoms with van der Waals surface area (Å²) >= 11 is 2.08. The lowest BCUT2D eigenvalue weighted by Gasteiger charge is -2.07. The smallest absolute Gasteiger partial charge is 0.249 e. The van der Waals surface area contributed by atoms with E-state index in [0.717, 1.165) is 9.13 Å². The van der Waals surface area contributed by atoms with Crippen LogP contribution in [0.3, 0.4) is 0 Å². The fraction of sp³-hybridized carbons (Fsp3) is 0.222. The van der Waals surface area contributed by atoms with Crippen LogP contribution < -0.4 is 10.5 Å². The molecule has 1 aromatic rings. The van der Waals surface area contributed by atoms with Crippen molar-refractivity contribution >= 4 is 28.5 Å². The van der Waals surface area contributed by atoms with Crippen LogP contribution in [0.2, 0.25) is 0 Å². The van der Waals surface area contributed by atoms with Crippen molar-refractivity contribution in [2.45, 2.75) is 6.92 Å². The zero-order chi connectivity index (χ0) is 10.0. The van der Waals surface area contributed by atoms with E-state index in [1.54, 1.807) is 13.2 Å². The SMILES string of the molecule is COc1cc(C(N)=O)c(I)cc1C. The predicted octanol–water partition coefficient (Wildman–Crippen LogP) is 1.71. The Hall–Kier alpha value is -0.780. The number of ether oxygens (including phenoxy) is 1. The number of primary amides is 1. The fourth-order valence-electron chi connectivity index (χ4n) is 1.06. The van der Waals surface area contributed by atoms with Gasteiger partial charge in [0, 0.05) is 3.57 Å². The average molecular weight is 291 g/mol. The number of rotatable bonds is 2. The van der Waals surface area contributed by atoms with Gasteiger partial charge in [0.15, 0.2) is 0 Å². The van der Waals surface area contributed by atoms with Crippen molar-refractivity contribution in [3.05, 3.63) is 26.8 Å². The number of benzene rings is 1. The molecule has 0 aliphatic carbocycles. The standard InChI is InChI=1S/C9H10INO2/c1-5-3-7(10)6(9(11)12)4-8(5)13-2/h3-4H,1-2H3,(H2,11,12). The Bertz CT molecular complexity index is 350. The minimum Gasteiger partial charge on any atom is -0.496 e. The van der Waals surface area contributed by atoms with Crippen LogP contribution in [0.15, 0.2) is 12.1 Å². The molecule has 0 heterocycles. The van der Waals surface area contributed by atoms with Crippen LogP contribution in [-0.4, -0.2) is 13.0 Å². The Morgan fingerprint density at radius 1 is 1.54 bits per heavy atom. The van der Waals surface area contributed by atoms with Gasteiger partial charge in [0.1, 0.15) is 5.75 Å². The molecule has 2 N–H and O–H groups in total. The van der Waals surface area contributed by atoms with E-state index in [2.05, 4.69) is 22.6 Å². The van der Waals surface area contributed by atoms with Gasteiger partial charge in [-0.3, -0.25) is 4.79 Å². The summed E-state index contributed by atoms with van der Waals surface area (Å²) in [5.74, 6) is 0.261. The first kappa shape index (κ1) is 10.3. The lowest BCUT2D eigenvalue weighted by molar-refractivity contribution is 0.0999. The summed E-state index contributed by atoms with van der Waals surface area (Å²) in [7, 11) is 1.57. The van der Waals surface area contributed by atoms with E-state index in [0.29, 0.717) is 11.3 Å². The topological polar surface area (TPSA) is 52.3 Å². The van der Waals surface area contributed by atoms with Gasteiger partial charge in [-0.05, 0) is 47.2 Å². The van der Waals surface area contributed by atoms with E-state index >= 15 is 0 Å². The second-order valence-electron chi connectivity index (χ2n) is 2.67. The van der Waals surface area contributed by atoms with Crippen LogP contribution in [0.1, 0.15) is 15.9 Å². The first-order valence-corrected chi connectivity index (χ1v) is 4.78. The fourth-order valence-corrected chi connectivity index (χ4v) is 1.95. The van der Waals surface area contributed by atoms with Crippen molar-refractivity contribution in [1.82, 2.24) is 0 Å². The molecule has 0 atom stereocenters. The molecule has 0 fully saturated rings. The third-order valence-electron chi connectivity index (χ3n) is 1.75. The molecular weight excluding hydrogens is 281 g/mol. The van der Waals surface area contributed by atoms with Crippen LogP contribution in [0, 0.1) is 10.5 Å². The zero-order valence-electron chi connectivity index (χ0n) is 7.43. The molecule has 0 saturated carbocycles. The Morgan fingerprint density at radius 2 is 2.15 bits per heavy atom. The molecular formula is C9H10INO2. The highest BCUT2D eigenvalue weighted by Crippen LogP contribution is 2.23. The molecule has 0 bridgehead atoms. The van der Waals surface area contributed by atoms with Crippen molar-refractivity contribution in [3.63, 3.8) is 0 Å². The van der Waals surface area contributed by atoms with Crippen LogP contribution in [0.4, 0.5) is 0 Å². The van der Waals surface area contributed by atoms with E-state index in [-0.39, 0.29) is 0 Å². The number of hydrogen-bond acceptors (Lipinski definition) is 2. The van der Waals surface area contributed by atoms with Gasteiger partial charge >= 0.3 is 0 Å². The minimum atomic E-state index is -0.428. The van der Waals surface area contributed by atoms with E-state index in [9.17, 15) is 4.79 Å². The molecule has 1 aromatic carbocycles. The third-order valence-corrected chi connectivity index (χ3v) is 2.64. The molecule has 0 aliphatic heterocycles. The molecule has 70 valence electrons. The van der Waals surface area contributed by atoms with E-state index in [1.807, 2.05) is 13.0 Å². The van der Waals surface area contributed by atoms with Crippen molar-refractivity contribution in [1.29, 1.82) is 0 Å². The Balaban J connectivity index is 3.30. The van der Waals surface area contributed by atoms with Crippen LogP contribution in [0.5, 0.6) is 5.75 Å².